The molecule has 0 unspecified atom stereocenters. The molecule has 0 saturated heterocycles. The number of rotatable bonds is 6. The molecular formula is C44H36N6Pt. The Hall–Kier alpha value is -5.32. The predicted octanol–water partition coefficient (Wildman–Crippen LogP) is 10.7. The van der Waals surface area contributed by atoms with Gasteiger partial charge in [0.15, 0.2) is 0 Å². The molecule has 6 nitrogen and oxygen atoms in total. The third kappa shape index (κ3) is 5.15. The number of aryl methyl sites for hydroxylation is 1. The number of aromatic nitrogens is 6. The molecule has 9 rings (SSSR count). The fourth-order valence-corrected chi connectivity index (χ4v) is 7.59. The fourth-order valence-electron chi connectivity index (χ4n) is 7.59. The summed E-state index contributed by atoms with van der Waals surface area (Å²) in [5.74, 6) is 3.16. The molecule has 0 bridgehead atoms. The van der Waals surface area contributed by atoms with E-state index in [1.165, 1.54) is 27.6 Å². The van der Waals surface area contributed by atoms with Crippen molar-refractivity contribution < 1.29 is 21.1 Å². The second-order valence-corrected chi connectivity index (χ2v) is 13.6. The zero-order chi connectivity index (χ0) is 34.1. The van der Waals surface area contributed by atoms with Crippen LogP contribution in [0, 0.1) is 19.1 Å². The third-order valence-corrected chi connectivity index (χ3v) is 9.88. The minimum absolute atomic E-state index is 0. The molecule has 0 spiro atoms. The molecule has 5 aromatic carbocycles. The van der Waals surface area contributed by atoms with E-state index in [-0.39, 0.29) is 21.1 Å². The minimum atomic E-state index is 0. The zero-order valence-electron chi connectivity index (χ0n) is 29.1. The van der Waals surface area contributed by atoms with E-state index in [1.54, 1.807) is 0 Å². The first kappa shape index (κ1) is 32.9. The molecule has 4 heterocycles. The average Bonchev–Trinajstić information content (AvgIpc) is 3.79. The summed E-state index contributed by atoms with van der Waals surface area (Å²) in [4.78, 5) is 4.75. The molecule has 0 radical (unpaired) electrons. The van der Waals surface area contributed by atoms with Gasteiger partial charge < -0.3 is 13.7 Å². The van der Waals surface area contributed by atoms with Crippen molar-refractivity contribution in [2.45, 2.75) is 46.5 Å². The van der Waals surface area contributed by atoms with Crippen LogP contribution in [-0.2, 0) is 21.1 Å². The summed E-state index contributed by atoms with van der Waals surface area (Å²) in [6.07, 6.45) is 1.84. The smallest absolute Gasteiger partial charge is 0.352 e. The van der Waals surface area contributed by atoms with Gasteiger partial charge >= 0.3 is 21.1 Å². The number of benzene rings is 5. The molecule has 0 aliphatic rings. The SMILES string of the molecule is Cc1nnc(-c2[c-]c(-n3c4[c-]c5c(cc4c4ccccc43)c3ccccc3n5-c3ccccn3)ccc2)n1-c1c(C(C)C)cccc1C(C)C.[Pt+2]. The molecule has 0 saturated carbocycles. The second kappa shape index (κ2) is 12.8. The summed E-state index contributed by atoms with van der Waals surface area (Å²) in [7, 11) is 0. The Bertz CT molecular complexity index is 2700. The summed E-state index contributed by atoms with van der Waals surface area (Å²) >= 11 is 0. The van der Waals surface area contributed by atoms with Crippen LogP contribution in [0.5, 0.6) is 0 Å². The van der Waals surface area contributed by atoms with Gasteiger partial charge in [0.2, 0.25) is 0 Å². The van der Waals surface area contributed by atoms with E-state index in [9.17, 15) is 0 Å². The van der Waals surface area contributed by atoms with E-state index in [1.807, 2.05) is 25.3 Å². The average molecular weight is 844 g/mol. The molecule has 7 heteroatoms. The normalized spacial score (nSPS) is 11.8. The Labute approximate surface area is 311 Å². The summed E-state index contributed by atoms with van der Waals surface area (Å²) < 4.78 is 6.73. The number of pyridine rings is 1. The van der Waals surface area contributed by atoms with Crippen LogP contribution in [0.3, 0.4) is 0 Å². The van der Waals surface area contributed by atoms with Gasteiger partial charge in [-0.05, 0) is 70.6 Å². The van der Waals surface area contributed by atoms with Crippen molar-refractivity contribution >= 4 is 43.6 Å². The summed E-state index contributed by atoms with van der Waals surface area (Å²) in [5, 5.41) is 14.0. The van der Waals surface area contributed by atoms with Crippen molar-refractivity contribution in [1.29, 1.82) is 0 Å². The third-order valence-electron chi connectivity index (χ3n) is 9.88. The number of nitrogens with zero attached hydrogens (tertiary/aromatic N) is 6. The Morgan fingerprint density at radius 3 is 1.82 bits per heavy atom. The van der Waals surface area contributed by atoms with E-state index < -0.39 is 0 Å². The molecule has 0 aliphatic carbocycles. The summed E-state index contributed by atoms with van der Waals surface area (Å²) in [6.45, 7) is 11.0. The van der Waals surface area contributed by atoms with Crippen LogP contribution in [-0.4, -0.2) is 28.9 Å². The maximum absolute atomic E-state index is 4.78. The van der Waals surface area contributed by atoms with Crippen LogP contribution in [0.2, 0.25) is 0 Å². The molecule has 0 fully saturated rings. The number of fused-ring (bicyclic) bond motifs is 6. The molecule has 9 aromatic rings. The van der Waals surface area contributed by atoms with E-state index in [2.05, 4.69) is 156 Å². The minimum Gasteiger partial charge on any atom is -0.352 e. The molecule has 0 aliphatic heterocycles. The quantitative estimate of drug-likeness (QED) is 0.157. The molecule has 51 heavy (non-hydrogen) atoms. The first-order valence-electron chi connectivity index (χ1n) is 17.3. The molecule has 0 atom stereocenters. The van der Waals surface area contributed by atoms with Crippen LogP contribution in [0.1, 0.15) is 56.5 Å². The Morgan fingerprint density at radius 2 is 1.18 bits per heavy atom. The summed E-state index contributed by atoms with van der Waals surface area (Å²) in [5.41, 5.74) is 9.69. The van der Waals surface area contributed by atoms with Gasteiger partial charge in [-0.1, -0.05) is 99.4 Å². The first-order chi connectivity index (χ1) is 24.4. The standard InChI is InChI=1S/C44H36N6.Pt/c1-27(2)32-18-13-19-33(28(3)4)43(32)48-29(5)46-47-44(48)30-14-12-15-31(24-30)49-38-20-8-6-16-34(38)36-25-37-35-17-7-9-21-39(35)50(41(37)26-40(36)49)42-22-10-11-23-45-42;/h6-23,25,27-28H,1-5H3;/q-2;+2. The molecule has 0 N–H and O–H groups in total. The first-order valence-corrected chi connectivity index (χ1v) is 17.3. The van der Waals surface area contributed by atoms with Crippen LogP contribution in [0.4, 0.5) is 0 Å². The number of hydrogen-bond acceptors (Lipinski definition) is 3. The number of para-hydroxylation sites is 3. The van der Waals surface area contributed by atoms with Crippen molar-refractivity contribution in [2.75, 3.05) is 0 Å². The molecule has 4 aromatic heterocycles. The van der Waals surface area contributed by atoms with Crippen molar-refractivity contribution in [2.24, 2.45) is 0 Å². The van der Waals surface area contributed by atoms with E-state index in [0.29, 0.717) is 11.8 Å². The van der Waals surface area contributed by atoms with Crippen molar-refractivity contribution in [3.8, 4) is 28.6 Å². The van der Waals surface area contributed by atoms with Gasteiger partial charge in [-0.2, -0.15) is 11.2 Å². The molecule has 0 amide bonds. The van der Waals surface area contributed by atoms with Gasteiger partial charge in [-0.15, -0.1) is 51.8 Å². The number of hydrogen-bond donors (Lipinski definition) is 0. The second-order valence-electron chi connectivity index (χ2n) is 13.6. The van der Waals surface area contributed by atoms with Crippen LogP contribution in [0.15, 0.2) is 115 Å². The van der Waals surface area contributed by atoms with Gasteiger partial charge in [0.25, 0.3) is 0 Å². The van der Waals surface area contributed by atoms with Crippen molar-refractivity contribution in [1.82, 2.24) is 28.9 Å². The zero-order valence-corrected chi connectivity index (χ0v) is 31.4. The van der Waals surface area contributed by atoms with Crippen molar-refractivity contribution in [3.63, 3.8) is 0 Å². The maximum atomic E-state index is 4.78. The van der Waals surface area contributed by atoms with E-state index in [0.717, 1.165) is 61.6 Å². The van der Waals surface area contributed by atoms with Gasteiger partial charge in [-0.3, -0.25) is 0 Å². The largest absolute Gasteiger partial charge is 2.00 e. The van der Waals surface area contributed by atoms with Gasteiger partial charge in [-0.25, -0.2) is 4.98 Å². The molecule has 252 valence electrons. The van der Waals surface area contributed by atoms with Gasteiger partial charge in [0.1, 0.15) is 11.6 Å². The maximum Gasteiger partial charge on any atom is 2.00 e. The topological polar surface area (TPSA) is 53.5 Å². The monoisotopic (exact) mass is 843 g/mol. The molecular weight excluding hydrogens is 808 g/mol. The van der Waals surface area contributed by atoms with Gasteiger partial charge in [0.05, 0.1) is 5.82 Å². The van der Waals surface area contributed by atoms with E-state index in [4.69, 9.17) is 10.1 Å². The Morgan fingerprint density at radius 1 is 0.569 bits per heavy atom. The predicted molar refractivity (Wildman–Crippen MR) is 204 cm³/mol. The van der Waals surface area contributed by atoms with Crippen LogP contribution < -0.4 is 0 Å². The van der Waals surface area contributed by atoms with Crippen molar-refractivity contribution in [3.05, 3.63) is 144 Å². The van der Waals surface area contributed by atoms with Gasteiger partial charge in [0, 0.05) is 22.9 Å². The van der Waals surface area contributed by atoms with E-state index >= 15 is 0 Å². The summed E-state index contributed by atoms with van der Waals surface area (Å²) in [6, 6.07) is 46.1. The van der Waals surface area contributed by atoms with Crippen LogP contribution >= 0.6 is 0 Å². The Balaban J connectivity index is 0.00000374. The fraction of sp³-hybridized carbons (Fsp3) is 0.159. The Kier molecular flexibility index (Phi) is 8.23. The van der Waals surface area contributed by atoms with Crippen LogP contribution in [0.25, 0.3) is 72.2 Å².